The van der Waals surface area contributed by atoms with Crippen molar-refractivity contribution < 1.29 is 10.2 Å². The van der Waals surface area contributed by atoms with Crippen molar-refractivity contribution in [2.75, 3.05) is 13.1 Å². The quantitative estimate of drug-likeness (QED) is 0.750. The summed E-state index contributed by atoms with van der Waals surface area (Å²) in [6, 6.07) is 2.05. The number of fused-ring (bicyclic) bond motifs is 1. The van der Waals surface area contributed by atoms with Gasteiger partial charge >= 0.3 is 0 Å². The maximum absolute atomic E-state index is 9.50. The van der Waals surface area contributed by atoms with Crippen LogP contribution < -0.4 is 0 Å². The molecule has 0 spiro atoms. The van der Waals surface area contributed by atoms with E-state index in [9.17, 15) is 10.2 Å². The van der Waals surface area contributed by atoms with Crippen molar-refractivity contribution >= 4 is 11.0 Å². The molecule has 96 valence electrons. The van der Waals surface area contributed by atoms with E-state index < -0.39 is 12.2 Å². The molecule has 0 amide bonds. The zero-order valence-electron chi connectivity index (χ0n) is 10.2. The monoisotopic (exact) mass is 248 g/mol. The highest BCUT2D eigenvalue weighted by atomic mass is 16.3. The van der Waals surface area contributed by atoms with Crippen LogP contribution in [0.25, 0.3) is 11.0 Å². The minimum absolute atomic E-state index is 0.506. The molecule has 1 saturated heterocycles. The Balaban J connectivity index is 1.79. The van der Waals surface area contributed by atoms with Crippen molar-refractivity contribution in [1.29, 1.82) is 0 Å². The van der Waals surface area contributed by atoms with Gasteiger partial charge in [0, 0.05) is 38.3 Å². The molecule has 1 aliphatic rings. The number of pyridine rings is 1. The Bertz CT molecular complexity index is 558. The van der Waals surface area contributed by atoms with Crippen LogP contribution in [-0.4, -0.2) is 55.2 Å². The third kappa shape index (κ3) is 1.98. The lowest BCUT2D eigenvalue weighted by Crippen LogP contribution is -2.22. The SMILES string of the molecule is Cn1ncc2cc(CN3C[C@@H](O)[C@@H](O)C3)cnc21. The molecule has 6 nitrogen and oxygen atoms in total. The van der Waals surface area contributed by atoms with Crippen molar-refractivity contribution in [2.45, 2.75) is 18.8 Å². The first-order chi connectivity index (χ1) is 8.63. The molecule has 1 aliphatic heterocycles. The normalized spacial score (nSPS) is 25.1. The molecule has 0 aromatic carbocycles. The summed E-state index contributed by atoms with van der Waals surface area (Å²) in [6.07, 6.45) is 2.33. The standard InChI is InChI=1S/C12H16N4O2/c1-15-12-9(4-14-15)2-8(3-13-12)5-16-6-10(17)11(18)7-16/h2-4,10-11,17-18H,5-7H2,1H3/t10-,11+. The summed E-state index contributed by atoms with van der Waals surface area (Å²) in [4.78, 5) is 6.39. The molecule has 0 radical (unpaired) electrons. The summed E-state index contributed by atoms with van der Waals surface area (Å²) in [5.74, 6) is 0. The third-order valence-corrected chi connectivity index (χ3v) is 3.37. The fourth-order valence-electron chi connectivity index (χ4n) is 2.41. The highest BCUT2D eigenvalue weighted by Crippen LogP contribution is 2.16. The Morgan fingerprint density at radius 2 is 2.00 bits per heavy atom. The van der Waals surface area contributed by atoms with Gasteiger partial charge in [0.2, 0.25) is 0 Å². The number of hydrogen-bond donors (Lipinski definition) is 2. The van der Waals surface area contributed by atoms with E-state index >= 15 is 0 Å². The zero-order valence-corrected chi connectivity index (χ0v) is 10.2. The lowest BCUT2D eigenvalue weighted by Gasteiger charge is -2.14. The van der Waals surface area contributed by atoms with E-state index in [1.807, 2.05) is 24.2 Å². The summed E-state index contributed by atoms with van der Waals surface area (Å²) < 4.78 is 1.74. The van der Waals surface area contributed by atoms with Gasteiger partial charge in [-0.2, -0.15) is 5.10 Å². The van der Waals surface area contributed by atoms with E-state index in [1.54, 1.807) is 10.9 Å². The number of aliphatic hydroxyl groups excluding tert-OH is 2. The van der Waals surface area contributed by atoms with Gasteiger partial charge < -0.3 is 10.2 Å². The van der Waals surface area contributed by atoms with Crippen molar-refractivity contribution in [2.24, 2.45) is 7.05 Å². The maximum Gasteiger partial charge on any atom is 0.157 e. The van der Waals surface area contributed by atoms with Crippen LogP contribution in [0.5, 0.6) is 0 Å². The number of nitrogens with zero attached hydrogens (tertiary/aromatic N) is 4. The number of rotatable bonds is 2. The van der Waals surface area contributed by atoms with E-state index in [2.05, 4.69) is 10.1 Å². The minimum Gasteiger partial charge on any atom is -0.389 e. The molecule has 0 saturated carbocycles. The summed E-state index contributed by atoms with van der Waals surface area (Å²) in [6.45, 7) is 1.70. The average Bonchev–Trinajstić information content (AvgIpc) is 2.84. The highest BCUT2D eigenvalue weighted by Gasteiger charge is 2.29. The van der Waals surface area contributed by atoms with Crippen LogP contribution >= 0.6 is 0 Å². The van der Waals surface area contributed by atoms with Gasteiger partial charge in [-0.15, -0.1) is 0 Å². The minimum atomic E-state index is -0.639. The number of aromatic nitrogens is 3. The van der Waals surface area contributed by atoms with Crippen molar-refractivity contribution in [3.05, 3.63) is 24.0 Å². The van der Waals surface area contributed by atoms with E-state index in [1.165, 1.54) is 0 Å². The molecule has 2 aromatic rings. The van der Waals surface area contributed by atoms with E-state index in [4.69, 9.17) is 0 Å². The Hall–Kier alpha value is -1.50. The summed E-state index contributed by atoms with van der Waals surface area (Å²) in [5, 5.41) is 24.2. The topological polar surface area (TPSA) is 74.4 Å². The summed E-state index contributed by atoms with van der Waals surface area (Å²) in [5.41, 5.74) is 1.93. The Morgan fingerprint density at radius 1 is 1.28 bits per heavy atom. The maximum atomic E-state index is 9.50. The molecule has 2 N–H and O–H groups in total. The fourth-order valence-corrected chi connectivity index (χ4v) is 2.41. The first-order valence-electron chi connectivity index (χ1n) is 5.98. The van der Waals surface area contributed by atoms with Crippen LogP contribution in [0.1, 0.15) is 5.56 Å². The lowest BCUT2D eigenvalue weighted by molar-refractivity contribution is 0.0572. The van der Waals surface area contributed by atoms with Gasteiger partial charge in [-0.3, -0.25) is 9.58 Å². The second-order valence-electron chi connectivity index (χ2n) is 4.85. The van der Waals surface area contributed by atoms with Gasteiger partial charge in [0.15, 0.2) is 5.65 Å². The first kappa shape index (κ1) is 11.6. The Labute approximate surface area is 104 Å². The van der Waals surface area contributed by atoms with Crippen LogP contribution in [0.15, 0.2) is 18.5 Å². The molecular formula is C12H16N4O2. The molecule has 2 atom stereocenters. The molecule has 0 aliphatic carbocycles. The Kier molecular flexibility index (Phi) is 2.77. The number of aliphatic hydroxyl groups is 2. The van der Waals surface area contributed by atoms with E-state index in [-0.39, 0.29) is 0 Å². The van der Waals surface area contributed by atoms with Gasteiger partial charge in [0.05, 0.1) is 18.4 Å². The van der Waals surface area contributed by atoms with Gasteiger partial charge in [-0.1, -0.05) is 0 Å². The second-order valence-corrected chi connectivity index (χ2v) is 4.85. The zero-order chi connectivity index (χ0) is 12.7. The largest absolute Gasteiger partial charge is 0.389 e. The molecule has 3 rings (SSSR count). The van der Waals surface area contributed by atoms with Crippen molar-refractivity contribution in [1.82, 2.24) is 19.7 Å². The van der Waals surface area contributed by atoms with Crippen molar-refractivity contribution in [3.63, 3.8) is 0 Å². The van der Waals surface area contributed by atoms with Gasteiger partial charge in [-0.05, 0) is 11.6 Å². The predicted molar refractivity (Wildman–Crippen MR) is 65.8 cm³/mol. The molecular weight excluding hydrogens is 232 g/mol. The smallest absolute Gasteiger partial charge is 0.157 e. The van der Waals surface area contributed by atoms with Gasteiger partial charge in [0.1, 0.15) is 0 Å². The fraction of sp³-hybridized carbons (Fsp3) is 0.500. The predicted octanol–water partition coefficient (Wildman–Crippen LogP) is -0.494. The number of β-amino-alcohol motifs (C(OH)–C–C–N with tert-alkyl or cyclic N) is 2. The van der Waals surface area contributed by atoms with Crippen LogP contribution in [0.2, 0.25) is 0 Å². The summed E-state index contributed by atoms with van der Waals surface area (Å²) in [7, 11) is 1.86. The van der Waals surface area contributed by atoms with E-state index in [0.29, 0.717) is 19.6 Å². The molecule has 1 fully saturated rings. The Morgan fingerprint density at radius 3 is 2.72 bits per heavy atom. The van der Waals surface area contributed by atoms with Crippen LogP contribution in [0.3, 0.4) is 0 Å². The molecule has 3 heterocycles. The third-order valence-electron chi connectivity index (χ3n) is 3.37. The molecule has 2 aromatic heterocycles. The first-order valence-corrected chi connectivity index (χ1v) is 5.98. The van der Waals surface area contributed by atoms with Gasteiger partial charge in [-0.25, -0.2) is 4.98 Å². The van der Waals surface area contributed by atoms with Crippen LogP contribution in [-0.2, 0) is 13.6 Å². The molecule has 18 heavy (non-hydrogen) atoms. The highest BCUT2D eigenvalue weighted by molar-refractivity contribution is 5.74. The van der Waals surface area contributed by atoms with E-state index in [0.717, 1.165) is 16.6 Å². The number of aryl methyl sites for hydroxylation is 1. The second kappa shape index (κ2) is 4.31. The number of likely N-dealkylation sites (tertiary alicyclic amines) is 1. The van der Waals surface area contributed by atoms with Crippen LogP contribution in [0.4, 0.5) is 0 Å². The molecule has 0 unspecified atom stereocenters. The lowest BCUT2D eigenvalue weighted by atomic mass is 10.2. The van der Waals surface area contributed by atoms with Gasteiger partial charge in [0.25, 0.3) is 0 Å². The number of hydrogen-bond acceptors (Lipinski definition) is 5. The molecule has 6 heteroatoms. The summed E-state index contributed by atoms with van der Waals surface area (Å²) >= 11 is 0. The van der Waals surface area contributed by atoms with Crippen molar-refractivity contribution in [3.8, 4) is 0 Å². The average molecular weight is 248 g/mol. The van der Waals surface area contributed by atoms with Crippen LogP contribution in [0, 0.1) is 0 Å². The molecule has 0 bridgehead atoms.